The van der Waals surface area contributed by atoms with Crippen LogP contribution in [0.25, 0.3) is 0 Å². The third kappa shape index (κ3) is 11.1. The Morgan fingerprint density at radius 3 is 1.15 bits per heavy atom. The van der Waals surface area contributed by atoms with Crippen molar-refractivity contribution in [3.63, 3.8) is 0 Å². The Morgan fingerprint density at radius 2 is 0.738 bits per heavy atom. The summed E-state index contributed by atoms with van der Waals surface area (Å²) in [6.07, 6.45) is -25.1. The van der Waals surface area contributed by atoms with E-state index in [4.69, 9.17) is 78.0 Å². The molecule has 27 heteroatoms. The van der Waals surface area contributed by atoms with Crippen LogP contribution in [0, 0.1) is 0 Å². The Labute approximate surface area is 350 Å². The van der Waals surface area contributed by atoms with Crippen LogP contribution in [0.2, 0.25) is 0 Å². The van der Waals surface area contributed by atoms with E-state index in [1.54, 1.807) is 0 Å². The fraction of sp³-hybridized carbons (Fsp3) is 1.00. The molecule has 6 fully saturated rings. The largest absolute Gasteiger partial charge is 0.394 e. The number of rotatable bonds is 12. The average molecular weight is 894 g/mol. The van der Waals surface area contributed by atoms with Gasteiger partial charge in [-0.25, -0.2) is 0 Å². The van der Waals surface area contributed by atoms with Gasteiger partial charge in [0.05, 0.1) is 56.3 Å². The van der Waals surface area contributed by atoms with Crippen molar-refractivity contribution in [1.29, 1.82) is 0 Å². The van der Waals surface area contributed by atoms with Crippen LogP contribution in [0.1, 0.15) is 19.3 Å². The average Bonchev–Trinajstić information content (AvgIpc) is 3.66. The van der Waals surface area contributed by atoms with Gasteiger partial charge >= 0.3 is 0 Å². The van der Waals surface area contributed by atoms with Crippen LogP contribution in [-0.4, -0.2) is 253 Å². The molecule has 0 aromatic carbocycles. The Morgan fingerprint density at radius 1 is 0.377 bits per heavy atom. The summed E-state index contributed by atoms with van der Waals surface area (Å²) in [6, 6.07) is -4.92. The van der Waals surface area contributed by atoms with Gasteiger partial charge in [0, 0.05) is 30.7 Å². The molecule has 4 heterocycles. The van der Waals surface area contributed by atoms with Gasteiger partial charge in [0.25, 0.3) is 0 Å². The monoisotopic (exact) mass is 893 g/mol. The van der Waals surface area contributed by atoms with Gasteiger partial charge in [-0.1, -0.05) is 0 Å². The predicted molar refractivity (Wildman–Crippen MR) is 200 cm³/mol. The van der Waals surface area contributed by atoms with E-state index in [0.29, 0.717) is 0 Å². The molecule has 2 saturated carbocycles. The molecule has 4 saturated heterocycles. The minimum absolute atomic E-state index is 0.0560. The Kier molecular flexibility index (Phi) is 18.3. The molecule has 61 heavy (non-hydrogen) atoms. The maximum Gasteiger partial charge on any atom is 0.187 e. The quantitative estimate of drug-likeness (QED) is 0.0865. The van der Waals surface area contributed by atoms with Gasteiger partial charge < -0.3 is 139 Å². The predicted octanol–water partition coefficient (Wildman–Crippen LogP) is -12.2. The molecule has 2 aliphatic carbocycles. The second-order valence-electron chi connectivity index (χ2n) is 16.5. The van der Waals surface area contributed by atoms with Crippen LogP contribution in [0.5, 0.6) is 0 Å². The molecule has 27 atom stereocenters. The van der Waals surface area contributed by atoms with Gasteiger partial charge in [-0.3, -0.25) is 0 Å². The second-order valence-corrected chi connectivity index (χ2v) is 16.5. The third-order valence-electron chi connectivity index (χ3n) is 12.1. The summed E-state index contributed by atoms with van der Waals surface area (Å²) in [6.45, 7) is -1.66. The molecule has 27 nitrogen and oxygen atoms in total. The molecular formula is C34H67N7O20. The van der Waals surface area contributed by atoms with Crippen LogP contribution in [-0.2, 0) is 37.9 Å². The molecule has 0 amide bonds. The lowest BCUT2D eigenvalue weighted by Crippen LogP contribution is -2.68. The van der Waals surface area contributed by atoms with Crippen molar-refractivity contribution in [2.75, 3.05) is 26.4 Å². The Bertz CT molecular complexity index is 1350. The van der Waals surface area contributed by atoms with Crippen LogP contribution >= 0.6 is 0 Å². The minimum atomic E-state index is -1.52. The van der Waals surface area contributed by atoms with Gasteiger partial charge in [-0.05, 0) is 19.3 Å². The van der Waals surface area contributed by atoms with Crippen molar-refractivity contribution < 1.29 is 99.2 Å². The summed E-state index contributed by atoms with van der Waals surface area (Å²) in [5, 5.41) is 119. The van der Waals surface area contributed by atoms with E-state index in [-0.39, 0.29) is 25.8 Å². The molecule has 6 rings (SSSR count). The lowest BCUT2D eigenvalue weighted by atomic mass is 9.84. The van der Waals surface area contributed by atoms with Gasteiger partial charge in [0.2, 0.25) is 0 Å². The molecule has 4 aliphatic heterocycles. The topological polar surface area (TPSA) is 499 Å². The molecule has 0 spiro atoms. The van der Waals surface area contributed by atoms with Crippen LogP contribution in [0.4, 0.5) is 0 Å². The van der Waals surface area contributed by atoms with Crippen molar-refractivity contribution >= 4 is 0 Å². The highest BCUT2D eigenvalue weighted by Crippen LogP contribution is 2.34. The number of ether oxygens (including phenoxy) is 8. The fourth-order valence-corrected chi connectivity index (χ4v) is 8.26. The molecular weight excluding hydrogens is 826 g/mol. The summed E-state index contributed by atoms with van der Waals surface area (Å²) >= 11 is 0. The van der Waals surface area contributed by atoms with E-state index in [9.17, 15) is 61.3 Å². The molecule has 0 bridgehead atoms. The van der Waals surface area contributed by atoms with Crippen LogP contribution < -0.4 is 40.1 Å². The highest BCUT2D eigenvalue weighted by atomic mass is 16.8. The van der Waals surface area contributed by atoms with Crippen molar-refractivity contribution in [2.45, 2.75) is 184 Å². The van der Waals surface area contributed by atoms with Crippen molar-refractivity contribution in [1.82, 2.24) is 0 Å². The van der Waals surface area contributed by atoms with Crippen LogP contribution in [0.15, 0.2) is 0 Å². The van der Waals surface area contributed by atoms with Crippen LogP contribution in [0.3, 0.4) is 0 Å². The normalized spacial score (nSPS) is 53.1. The first-order chi connectivity index (χ1) is 28.8. The zero-order valence-corrected chi connectivity index (χ0v) is 33.2. The molecule has 0 aromatic rings. The maximum absolute atomic E-state index is 10.6. The van der Waals surface area contributed by atoms with Gasteiger partial charge in [-0.2, -0.15) is 0 Å². The fourth-order valence-electron chi connectivity index (χ4n) is 8.26. The second kappa shape index (κ2) is 21.9. The van der Waals surface area contributed by atoms with E-state index >= 15 is 0 Å². The minimum Gasteiger partial charge on any atom is -0.394 e. The van der Waals surface area contributed by atoms with Crippen molar-refractivity contribution in [3.05, 3.63) is 0 Å². The lowest BCUT2D eigenvalue weighted by Gasteiger charge is -2.47. The van der Waals surface area contributed by atoms with E-state index in [1.165, 1.54) is 0 Å². The number of aliphatic hydroxyl groups is 12. The summed E-state index contributed by atoms with van der Waals surface area (Å²) in [5.74, 6) is 0. The summed E-state index contributed by atoms with van der Waals surface area (Å²) < 4.78 is 44.9. The lowest BCUT2D eigenvalue weighted by molar-refractivity contribution is -0.310. The highest BCUT2D eigenvalue weighted by molar-refractivity contribution is 5.03. The summed E-state index contributed by atoms with van der Waals surface area (Å²) in [7, 11) is 0. The van der Waals surface area contributed by atoms with Crippen molar-refractivity contribution in [2.24, 2.45) is 40.1 Å². The first-order valence-corrected chi connectivity index (χ1v) is 20.2. The number of hydrogen-bond donors (Lipinski definition) is 19. The zero-order valence-electron chi connectivity index (χ0n) is 33.2. The smallest absolute Gasteiger partial charge is 0.187 e. The first kappa shape index (κ1) is 50.9. The number of nitrogens with two attached hydrogens (primary N) is 7. The SMILES string of the molecule is NC[C@H]1O[C@H](O[C@H]2[C@H](O[C@@H]3O[C@H](CO)[C@@H](O)[C@H]3O)[C@@H](O)[C@H](N)C[C@@H]2N)[C@H](N)C[C@@H]1O.N[C@H]1[C@@H](O[C@H]2[C@H](O[C@@H]3O[C@H](CO)[C@@H](O)[C@H]3O)[C@@H](O)[C@H](N)C[C@@H]2N)O[C@H](CO)[C@@H](O)[C@@H]1O. The first-order valence-electron chi connectivity index (χ1n) is 20.2. The van der Waals surface area contributed by atoms with Gasteiger partial charge in [0.15, 0.2) is 25.2 Å². The van der Waals surface area contributed by atoms with E-state index in [0.717, 1.165) is 0 Å². The number of aliphatic hydroxyl groups excluding tert-OH is 12. The maximum atomic E-state index is 10.6. The standard InChI is InChI=1S/C17H34N4O9.C17H33N3O11/c18-3-9-8(23)2-7(21)16(27-9)29-14-6(20)1-5(19)11(24)15(14)30-17-13(26)12(25)10(4-22)28-17;18-4-1-5(19)14(30-16-8(20)12(26)10(24)6(2-21)28-16)15(9(4)23)31-17-13(27)11(25)7(3-22)29-17/h5-17,22-26H,1-4,18-21H2;4-17,21-27H,1-3,18-20H2/t5-,6+,7-,8+,9-,10-,11+,12-,13-,14-,15-,16-,17+;4-,5+,6-,7-,8-,9+,10-,11-,12-,13-,14-,15-,16-,17+/m11/s1. The van der Waals surface area contributed by atoms with Crippen molar-refractivity contribution in [3.8, 4) is 0 Å². The molecule has 26 N–H and O–H groups in total. The molecule has 6 aliphatic rings. The molecule has 0 unspecified atom stereocenters. The Balaban J connectivity index is 0.000000231. The zero-order chi connectivity index (χ0) is 45.2. The van der Waals surface area contributed by atoms with E-state index < -0.39 is 185 Å². The Hall–Kier alpha value is -1.08. The number of hydrogen-bond acceptors (Lipinski definition) is 27. The van der Waals surface area contributed by atoms with E-state index in [2.05, 4.69) is 0 Å². The molecule has 0 aromatic heterocycles. The summed E-state index contributed by atoms with van der Waals surface area (Å²) in [5.41, 5.74) is 41.8. The van der Waals surface area contributed by atoms with E-state index in [1.807, 2.05) is 0 Å². The highest BCUT2D eigenvalue weighted by Gasteiger charge is 2.54. The molecule has 358 valence electrons. The van der Waals surface area contributed by atoms with Gasteiger partial charge in [0.1, 0.15) is 79.4 Å². The molecule has 0 radical (unpaired) electrons. The third-order valence-corrected chi connectivity index (χ3v) is 12.1. The van der Waals surface area contributed by atoms with Gasteiger partial charge in [-0.15, -0.1) is 0 Å². The summed E-state index contributed by atoms with van der Waals surface area (Å²) in [4.78, 5) is 0.